The van der Waals surface area contributed by atoms with E-state index in [-0.39, 0.29) is 0 Å². The van der Waals surface area contributed by atoms with Gasteiger partial charge < -0.3 is 5.32 Å². The van der Waals surface area contributed by atoms with Gasteiger partial charge in [-0.25, -0.2) is 0 Å². The standard InChI is InChI=1S/C3H7.C2H7N/c2*1-3-2/h1,3H2,2H3;3H,1-2H3. The van der Waals surface area contributed by atoms with Crippen molar-refractivity contribution >= 4 is 0 Å². The maximum absolute atomic E-state index is 3.49. The molecule has 0 aromatic heterocycles. The van der Waals surface area contributed by atoms with Crippen LogP contribution in [0.3, 0.4) is 0 Å². The van der Waals surface area contributed by atoms with Gasteiger partial charge in [0.1, 0.15) is 0 Å². The van der Waals surface area contributed by atoms with Crippen LogP contribution in [0.25, 0.3) is 0 Å². The van der Waals surface area contributed by atoms with Crippen LogP contribution in [-0.2, 0) is 0 Å². The van der Waals surface area contributed by atoms with Crippen LogP contribution < -0.4 is 5.32 Å². The first-order valence-corrected chi connectivity index (χ1v) is 2.21. The predicted molar refractivity (Wildman–Crippen MR) is 30.6 cm³/mol. The Labute approximate surface area is 40.8 Å². The van der Waals surface area contributed by atoms with Crippen LogP contribution in [0.4, 0.5) is 0 Å². The third-order valence-corrected chi connectivity index (χ3v) is 0. The highest BCUT2D eigenvalue weighted by atomic mass is 14.7. The largest absolute Gasteiger partial charge is 0.323 e. The summed E-state index contributed by atoms with van der Waals surface area (Å²) >= 11 is 0. The molecule has 1 radical (unpaired) electrons. The van der Waals surface area contributed by atoms with Gasteiger partial charge in [-0.15, -0.1) is 0 Å². The van der Waals surface area contributed by atoms with Crippen LogP contribution in [0.1, 0.15) is 13.3 Å². The summed E-state index contributed by atoms with van der Waals surface area (Å²) in [6.07, 6.45) is 1.00. The molecule has 0 bridgehead atoms. The summed E-state index contributed by atoms with van der Waals surface area (Å²) in [6, 6.07) is 0. The van der Waals surface area contributed by atoms with Gasteiger partial charge in [-0.05, 0) is 14.1 Å². The van der Waals surface area contributed by atoms with Gasteiger partial charge in [0.15, 0.2) is 0 Å². The van der Waals surface area contributed by atoms with E-state index in [2.05, 4.69) is 12.2 Å². The molecule has 0 aliphatic rings. The van der Waals surface area contributed by atoms with Gasteiger partial charge in [-0.1, -0.05) is 20.3 Å². The first-order chi connectivity index (χ1) is 2.83. The molecule has 0 rings (SSSR count). The minimum atomic E-state index is 1.00. The molecular formula is C5H14N. The van der Waals surface area contributed by atoms with Gasteiger partial charge in [0.25, 0.3) is 0 Å². The van der Waals surface area contributed by atoms with Crippen molar-refractivity contribution in [1.29, 1.82) is 0 Å². The average Bonchev–Trinajstić information content (AvgIpc) is 1.39. The van der Waals surface area contributed by atoms with Crippen molar-refractivity contribution in [2.24, 2.45) is 0 Å². The maximum atomic E-state index is 3.49. The zero-order valence-electron chi connectivity index (χ0n) is 4.91. The first-order valence-electron chi connectivity index (χ1n) is 2.21. The third kappa shape index (κ3) is 21700. The average molecular weight is 88.2 g/mol. The van der Waals surface area contributed by atoms with Gasteiger partial charge in [-0.3, -0.25) is 0 Å². The molecule has 0 fully saturated rings. The topological polar surface area (TPSA) is 12.0 Å². The lowest BCUT2D eigenvalue weighted by Crippen LogP contribution is -1.89. The van der Waals surface area contributed by atoms with Crippen molar-refractivity contribution in [2.75, 3.05) is 14.1 Å². The van der Waals surface area contributed by atoms with E-state index in [1.807, 2.05) is 21.0 Å². The smallest absolute Gasteiger partial charge is 0.0167 e. The van der Waals surface area contributed by atoms with Crippen LogP contribution in [0.2, 0.25) is 0 Å². The SMILES string of the molecule is CNC.[CH2]CC. The quantitative estimate of drug-likeness (QED) is 0.467. The van der Waals surface area contributed by atoms with Crippen LogP contribution in [0.15, 0.2) is 0 Å². The molecule has 0 saturated heterocycles. The van der Waals surface area contributed by atoms with E-state index in [0.29, 0.717) is 0 Å². The summed E-state index contributed by atoms with van der Waals surface area (Å²) in [6.45, 7) is 5.50. The highest BCUT2D eigenvalue weighted by Crippen LogP contribution is 1.54. The van der Waals surface area contributed by atoms with E-state index in [4.69, 9.17) is 0 Å². The lowest BCUT2D eigenvalue weighted by Gasteiger charge is -1.59. The molecule has 6 heavy (non-hydrogen) atoms. The fourth-order valence-corrected chi connectivity index (χ4v) is 0. The van der Waals surface area contributed by atoms with Crippen molar-refractivity contribution in [3.63, 3.8) is 0 Å². The number of rotatable bonds is 0. The maximum Gasteiger partial charge on any atom is -0.0167 e. The lowest BCUT2D eigenvalue weighted by molar-refractivity contribution is 1.02. The van der Waals surface area contributed by atoms with E-state index >= 15 is 0 Å². The van der Waals surface area contributed by atoms with Crippen LogP contribution >= 0.6 is 0 Å². The molecule has 0 aliphatic heterocycles. The molecule has 0 heterocycles. The summed E-state index contributed by atoms with van der Waals surface area (Å²) in [4.78, 5) is 0. The van der Waals surface area contributed by atoms with E-state index in [9.17, 15) is 0 Å². The van der Waals surface area contributed by atoms with Crippen molar-refractivity contribution in [3.8, 4) is 0 Å². The Kier molecular flexibility index (Phi) is 31.6. The zero-order chi connectivity index (χ0) is 5.41. The minimum Gasteiger partial charge on any atom is -0.323 e. The van der Waals surface area contributed by atoms with Gasteiger partial charge in [-0.2, -0.15) is 0 Å². The molecule has 0 aromatic carbocycles. The second kappa shape index (κ2) is 20.2. The van der Waals surface area contributed by atoms with Crippen LogP contribution in [0, 0.1) is 6.92 Å². The second-order valence-electron chi connectivity index (χ2n) is 1.000. The molecule has 1 heteroatoms. The Bertz CT molecular complexity index is 5.90. The Balaban J connectivity index is 0. The molecule has 39 valence electrons. The van der Waals surface area contributed by atoms with E-state index in [1.54, 1.807) is 0 Å². The zero-order valence-corrected chi connectivity index (χ0v) is 4.91. The van der Waals surface area contributed by atoms with Crippen molar-refractivity contribution in [1.82, 2.24) is 5.32 Å². The number of hydrogen-bond donors (Lipinski definition) is 1. The Morgan fingerprint density at radius 1 is 1.50 bits per heavy atom. The minimum absolute atomic E-state index is 1.00. The Morgan fingerprint density at radius 3 is 1.50 bits per heavy atom. The van der Waals surface area contributed by atoms with Gasteiger partial charge in [0, 0.05) is 0 Å². The molecule has 1 nitrogen and oxygen atoms in total. The number of hydrogen-bond acceptors (Lipinski definition) is 1. The fraction of sp³-hybridized carbons (Fsp3) is 0.800. The summed E-state index contributed by atoms with van der Waals surface area (Å²) in [5, 5.41) is 2.75. The van der Waals surface area contributed by atoms with Crippen molar-refractivity contribution in [2.45, 2.75) is 13.3 Å². The fourth-order valence-electron chi connectivity index (χ4n) is 0. The van der Waals surface area contributed by atoms with Crippen molar-refractivity contribution < 1.29 is 0 Å². The third-order valence-electron chi connectivity index (χ3n) is 0. The normalized spacial score (nSPS) is 6.00. The summed E-state index contributed by atoms with van der Waals surface area (Å²) in [5.74, 6) is 0. The second-order valence-corrected chi connectivity index (χ2v) is 1.000. The van der Waals surface area contributed by atoms with E-state index < -0.39 is 0 Å². The molecule has 0 aromatic rings. The van der Waals surface area contributed by atoms with E-state index in [1.165, 1.54) is 0 Å². The molecule has 1 N–H and O–H groups in total. The highest BCUT2D eigenvalue weighted by Gasteiger charge is 1.36. The molecular weight excluding hydrogens is 74.1 g/mol. The molecule has 0 atom stereocenters. The summed E-state index contributed by atoms with van der Waals surface area (Å²) < 4.78 is 0. The molecule has 0 spiro atoms. The summed E-state index contributed by atoms with van der Waals surface area (Å²) in [7, 11) is 3.75. The first kappa shape index (κ1) is 9.35. The monoisotopic (exact) mass is 88.1 g/mol. The van der Waals surface area contributed by atoms with Crippen molar-refractivity contribution in [3.05, 3.63) is 6.92 Å². The van der Waals surface area contributed by atoms with Crippen LogP contribution in [0.5, 0.6) is 0 Å². The van der Waals surface area contributed by atoms with E-state index in [0.717, 1.165) is 6.42 Å². The molecule has 0 amide bonds. The molecule has 0 aliphatic carbocycles. The Hall–Kier alpha value is -0.0400. The summed E-state index contributed by atoms with van der Waals surface area (Å²) in [5.41, 5.74) is 0. The van der Waals surface area contributed by atoms with Gasteiger partial charge in [0.2, 0.25) is 0 Å². The molecule has 0 saturated carbocycles. The number of nitrogens with one attached hydrogen (secondary N) is 1. The van der Waals surface area contributed by atoms with Gasteiger partial charge >= 0.3 is 0 Å². The van der Waals surface area contributed by atoms with Crippen LogP contribution in [-0.4, -0.2) is 14.1 Å². The Morgan fingerprint density at radius 2 is 1.50 bits per heavy atom. The molecule has 0 unspecified atom stereocenters. The highest BCUT2D eigenvalue weighted by molar-refractivity contribution is 4.18. The van der Waals surface area contributed by atoms with Gasteiger partial charge in [0.05, 0.1) is 0 Å². The lowest BCUT2D eigenvalue weighted by atomic mass is 10.6. The predicted octanol–water partition coefficient (Wildman–Crippen LogP) is 1.07.